The lowest BCUT2D eigenvalue weighted by Gasteiger charge is -2.19. The average Bonchev–Trinajstić information content (AvgIpc) is 2.67. The Kier molecular flexibility index (Phi) is 2.90. The number of nitrogens with zero attached hydrogens (tertiary/aromatic N) is 2. The van der Waals surface area contributed by atoms with E-state index in [4.69, 9.17) is 5.11 Å². The van der Waals surface area contributed by atoms with Gasteiger partial charge in [0.2, 0.25) is 0 Å². The SMILES string of the molecule is CC(C)(Cn1cc(C=O)c2cccnc21)C(=O)O. The fourth-order valence-corrected chi connectivity index (χ4v) is 1.86. The topological polar surface area (TPSA) is 72.2 Å². The molecule has 0 unspecified atom stereocenters. The molecule has 2 aromatic rings. The lowest BCUT2D eigenvalue weighted by molar-refractivity contribution is -0.147. The third kappa shape index (κ3) is 1.99. The molecule has 94 valence electrons. The van der Waals surface area contributed by atoms with Crippen LogP contribution < -0.4 is 0 Å². The van der Waals surface area contributed by atoms with Crippen LogP contribution in [0.2, 0.25) is 0 Å². The number of pyridine rings is 1. The van der Waals surface area contributed by atoms with Gasteiger partial charge in [-0.05, 0) is 26.0 Å². The Labute approximate surface area is 104 Å². The minimum absolute atomic E-state index is 0.268. The first-order chi connectivity index (χ1) is 8.45. The van der Waals surface area contributed by atoms with Crippen molar-refractivity contribution in [1.29, 1.82) is 0 Å². The molecule has 0 aliphatic carbocycles. The van der Waals surface area contributed by atoms with Crippen molar-refractivity contribution in [2.75, 3.05) is 0 Å². The van der Waals surface area contributed by atoms with E-state index < -0.39 is 11.4 Å². The van der Waals surface area contributed by atoms with Crippen molar-refractivity contribution in [1.82, 2.24) is 9.55 Å². The Balaban J connectivity index is 2.52. The number of carbonyl (C=O) groups is 2. The van der Waals surface area contributed by atoms with Crippen LogP contribution in [0.1, 0.15) is 24.2 Å². The maximum absolute atomic E-state index is 11.1. The lowest BCUT2D eigenvalue weighted by Crippen LogP contribution is -2.28. The van der Waals surface area contributed by atoms with Gasteiger partial charge in [-0.2, -0.15) is 0 Å². The molecule has 0 saturated heterocycles. The molecule has 0 bridgehead atoms. The van der Waals surface area contributed by atoms with E-state index in [0.29, 0.717) is 11.2 Å². The van der Waals surface area contributed by atoms with Crippen LogP contribution in [0.4, 0.5) is 0 Å². The van der Waals surface area contributed by atoms with Crippen molar-refractivity contribution in [2.45, 2.75) is 20.4 Å². The zero-order valence-electron chi connectivity index (χ0n) is 10.3. The Hall–Kier alpha value is -2.17. The van der Waals surface area contributed by atoms with Gasteiger partial charge in [0, 0.05) is 29.9 Å². The second kappa shape index (κ2) is 4.25. The second-order valence-electron chi connectivity index (χ2n) is 4.89. The maximum Gasteiger partial charge on any atom is 0.310 e. The van der Waals surface area contributed by atoms with Gasteiger partial charge in [-0.15, -0.1) is 0 Å². The summed E-state index contributed by atoms with van der Waals surface area (Å²) in [5.41, 5.74) is 0.247. The summed E-state index contributed by atoms with van der Waals surface area (Å²) in [6, 6.07) is 3.55. The molecular formula is C13H14N2O3. The number of aliphatic carboxylic acids is 1. The summed E-state index contributed by atoms with van der Waals surface area (Å²) in [5.74, 6) is -0.882. The van der Waals surface area contributed by atoms with Crippen LogP contribution in [0.25, 0.3) is 11.0 Å². The van der Waals surface area contributed by atoms with Crippen LogP contribution in [0, 0.1) is 5.41 Å². The number of hydrogen-bond donors (Lipinski definition) is 1. The van der Waals surface area contributed by atoms with E-state index in [2.05, 4.69) is 4.98 Å². The molecule has 5 heteroatoms. The maximum atomic E-state index is 11.1. The molecule has 2 aromatic heterocycles. The van der Waals surface area contributed by atoms with Crippen molar-refractivity contribution in [3.05, 3.63) is 30.1 Å². The van der Waals surface area contributed by atoms with Gasteiger partial charge in [0.15, 0.2) is 6.29 Å². The fourth-order valence-electron chi connectivity index (χ4n) is 1.86. The van der Waals surface area contributed by atoms with Crippen molar-refractivity contribution in [2.24, 2.45) is 5.41 Å². The van der Waals surface area contributed by atoms with Crippen molar-refractivity contribution in [3.63, 3.8) is 0 Å². The van der Waals surface area contributed by atoms with Gasteiger partial charge in [-0.25, -0.2) is 4.98 Å². The largest absolute Gasteiger partial charge is 0.481 e. The van der Waals surface area contributed by atoms with Gasteiger partial charge in [-0.1, -0.05) is 0 Å². The molecule has 0 aliphatic rings. The molecule has 0 saturated carbocycles. The number of carboxylic acid groups (broad SMARTS) is 1. The summed E-state index contributed by atoms with van der Waals surface area (Å²) in [6.07, 6.45) is 4.03. The van der Waals surface area contributed by atoms with Crippen molar-refractivity contribution < 1.29 is 14.7 Å². The highest BCUT2D eigenvalue weighted by atomic mass is 16.4. The second-order valence-corrected chi connectivity index (χ2v) is 4.89. The van der Waals surface area contributed by atoms with E-state index in [-0.39, 0.29) is 6.54 Å². The number of hydrogen-bond acceptors (Lipinski definition) is 3. The molecule has 2 rings (SSSR count). The zero-order valence-corrected chi connectivity index (χ0v) is 10.3. The molecule has 1 N–H and O–H groups in total. The number of rotatable bonds is 4. The summed E-state index contributed by atoms with van der Waals surface area (Å²) in [7, 11) is 0. The molecule has 0 radical (unpaired) electrons. The smallest absolute Gasteiger partial charge is 0.310 e. The third-order valence-corrected chi connectivity index (χ3v) is 2.94. The van der Waals surface area contributed by atoms with Crippen LogP contribution in [0.5, 0.6) is 0 Å². The van der Waals surface area contributed by atoms with Gasteiger partial charge in [-0.3, -0.25) is 9.59 Å². The first-order valence-corrected chi connectivity index (χ1v) is 5.58. The van der Waals surface area contributed by atoms with E-state index in [1.54, 1.807) is 42.9 Å². The quantitative estimate of drug-likeness (QED) is 0.837. The monoisotopic (exact) mass is 246 g/mol. The highest BCUT2D eigenvalue weighted by Gasteiger charge is 2.28. The van der Waals surface area contributed by atoms with Crippen LogP contribution >= 0.6 is 0 Å². The van der Waals surface area contributed by atoms with Gasteiger partial charge in [0.1, 0.15) is 5.65 Å². The predicted octanol–water partition coefficient (Wildman–Crippen LogP) is 1.96. The van der Waals surface area contributed by atoms with Crippen molar-refractivity contribution in [3.8, 4) is 0 Å². The summed E-state index contributed by atoms with van der Waals surface area (Å²) in [5, 5.41) is 9.88. The standard InChI is InChI=1S/C13H14N2O3/c1-13(2,12(17)18)8-15-6-9(7-16)10-4-3-5-14-11(10)15/h3-7H,8H2,1-2H3,(H,17,18). The van der Waals surface area contributed by atoms with Gasteiger partial charge in [0.05, 0.1) is 5.41 Å². The minimum atomic E-state index is -0.913. The Morgan fingerprint density at radius 1 is 1.56 bits per heavy atom. The molecule has 0 aliphatic heterocycles. The average molecular weight is 246 g/mol. The molecule has 0 atom stereocenters. The number of aldehydes is 1. The fraction of sp³-hybridized carbons (Fsp3) is 0.308. The first-order valence-electron chi connectivity index (χ1n) is 5.58. The summed E-state index contributed by atoms with van der Waals surface area (Å²) in [4.78, 5) is 26.3. The minimum Gasteiger partial charge on any atom is -0.481 e. The van der Waals surface area contributed by atoms with Gasteiger partial charge < -0.3 is 9.67 Å². The number of carboxylic acids is 1. The zero-order chi connectivity index (χ0) is 13.3. The van der Waals surface area contributed by atoms with E-state index in [9.17, 15) is 9.59 Å². The normalized spacial score (nSPS) is 11.7. The Morgan fingerprint density at radius 3 is 2.89 bits per heavy atom. The Morgan fingerprint density at radius 2 is 2.28 bits per heavy atom. The molecule has 0 spiro atoms. The van der Waals surface area contributed by atoms with E-state index in [1.165, 1.54) is 0 Å². The molecule has 0 aromatic carbocycles. The van der Waals surface area contributed by atoms with E-state index in [0.717, 1.165) is 11.7 Å². The number of carbonyl (C=O) groups excluding carboxylic acids is 1. The molecule has 0 fully saturated rings. The van der Waals surface area contributed by atoms with Gasteiger partial charge in [0.25, 0.3) is 0 Å². The molecule has 2 heterocycles. The number of aromatic nitrogens is 2. The van der Waals surface area contributed by atoms with Crippen LogP contribution in [-0.4, -0.2) is 26.9 Å². The predicted molar refractivity (Wildman–Crippen MR) is 66.5 cm³/mol. The molecule has 18 heavy (non-hydrogen) atoms. The van der Waals surface area contributed by atoms with Crippen LogP contribution in [-0.2, 0) is 11.3 Å². The molecule has 0 amide bonds. The lowest BCUT2D eigenvalue weighted by atomic mass is 9.94. The molecular weight excluding hydrogens is 232 g/mol. The summed E-state index contributed by atoms with van der Waals surface area (Å²) >= 11 is 0. The van der Waals surface area contributed by atoms with Gasteiger partial charge >= 0.3 is 5.97 Å². The van der Waals surface area contributed by atoms with Crippen LogP contribution in [0.3, 0.4) is 0 Å². The van der Waals surface area contributed by atoms with E-state index >= 15 is 0 Å². The van der Waals surface area contributed by atoms with E-state index in [1.807, 2.05) is 0 Å². The summed E-state index contributed by atoms with van der Waals surface area (Å²) in [6.45, 7) is 3.55. The highest BCUT2D eigenvalue weighted by molar-refractivity contribution is 5.96. The first kappa shape index (κ1) is 12.3. The molecule has 5 nitrogen and oxygen atoms in total. The summed E-state index contributed by atoms with van der Waals surface area (Å²) < 4.78 is 1.72. The van der Waals surface area contributed by atoms with Crippen molar-refractivity contribution >= 4 is 23.3 Å². The Bertz CT molecular complexity index is 614. The van der Waals surface area contributed by atoms with Crippen LogP contribution in [0.15, 0.2) is 24.5 Å². The highest BCUT2D eigenvalue weighted by Crippen LogP contribution is 2.24. The third-order valence-electron chi connectivity index (χ3n) is 2.94. The number of fused-ring (bicyclic) bond motifs is 1.